The van der Waals surface area contributed by atoms with E-state index in [4.69, 9.17) is 28.0 Å². The van der Waals surface area contributed by atoms with Crippen molar-refractivity contribution in [3.05, 3.63) is 60.2 Å². The maximum Gasteiger partial charge on any atom is 0.234 e. The van der Waals surface area contributed by atoms with Crippen LogP contribution in [0.25, 0.3) is 0 Å². The molecular weight excluding hydrogens is 334 g/mol. The number of rotatable bonds is 6. The summed E-state index contributed by atoms with van der Waals surface area (Å²) in [4.78, 5) is 8.12. The third-order valence-corrected chi connectivity index (χ3v) is 2.87. The minimum atomic E-state index is -0.318. The van der Waals surface area contributed by atoms with Crippen LogP contribution in [-0.2, 0) is 0 Å². The van der Waals surface area contributed by atoms with Gasteiger partial charge in [0.2, 0.25) is 5.96 Å². The van der Waals surface area contributed by atoms with E-state index in [1.54, 1.807) is 42.6 Å². The van der Waals surface area contributed by atoms with Gasteiger partial charge in [-0.05, 0) is 24.3 Å². The summed E-state index contributed by atoms with van der Waals surface area (Å²) in [7, 11) is 0. The summed E-state index contributed by atoms with van der Waals surface area (Å²) in [6, 6.07) is 10.2. The van der Waals surface area contributed by atoms with Gasteiger partial charge in [-0.2, -0.15) is 5.10 Å². The van der Waals surface area contributed by atoms with Crippen LogP contribution in [0.5, 0.6) is 0 Å². The SMILES string of the molecule is N=C(N)/C(=N\N=C(N)N/N=C(\C(=N)N)c1ccccn1)c1ccccn1. The van der Waals surface area contributed by atoms with Crippen molar-refractivity contribution in [1.29, 1.82) is 10.8 Å². The second-order valence-electron chi connectivity index (χ2n) is 4.76. The van der Waals surface area contributed by atoms with E-state index in [-0.39, 0.29) is 29.1 Å². The lowest BCUT2D eigenvalue weighted by Gasteiger charge is -2.05. The highest BCUT2D eigenvalue weighted by Gasteiger charge is 2.09. The van der Waals surface area contributed by atoms with E-state index < -0.39 is 0 Å². The van der Waals surface area contributed by atoms with E-state index in [2.05, 4.69) is 30.7 Å². The normalized spacial score (nSPS) is 12.5. The second kappa shape index (κ2) is 8.63. The monoisotopic (exact) mass is 351 g/mol. The molecule has 0 radical (unpaired) electrons. The molecule has 11 heteroatoms. The molecule has 132 valence electrons. The molecule has 0 unspecified atom stereocenters. The zero-order valence-electron chi connectivity index (χ0n) is 13.6. The zero-order chi connectivity index (χ0) is 18.9. The molecule has 0 atom stereocenters. The van der Waals surface area contributed by atoms with Gasteiger partial charge in [0.25, 0.3) is 0 Å². The van der Waals surface area contributed by atoms with Gasteiger partial charge in [0.05, 0.1) is 11.4 Å². The molecule has 0 aliphatic carbocycles. The molecule has 0 bridgehead atoms. The first-order valence-corrected chi connectivity index (χ1v) is 7.25. The summed E-state index contributed by atoms with van der Waals surface area (Å²) < 4.78 is 0. The number of nitrogens with two attached hydrogens (primary N) is 3. The summed E-state index contributed by atoms with van der Waals surface area (Å²) in [6.45, 7) is 0. The van der Waals surface area contributed by atoms with Gasteiger partial charge >= 0.3 is 0 Å². The fourth-order valence-corrected chi connectivity index (χ4v) is 1.74. The fourth-order valence-electron chi connectivity index (χ4n) is 1.74. The molecule has 0 aromatic carbocycles. The summed E-state index contributed by atoms with van der Waals surface area (Å²) in [5.74, 6) is -0.818. The maximum atomic E-state index is 7.58. The van der Waals surface area contributed by atoms with Crippen molar-refractivity contribution in [2.75, 3.05) is 0 Å². The van der Waals surface area contributed by atoms with E-state index >= 15 is 0 Å². The largest absolute Gasteiger partial charge is 0.382 e. The molecule has 0 saturated heterocycles. The Morgan fingerprint density at radius 2 is 1.35 bits per heavy atom. The van der Waals surface area contributed by atoms with Crippen molar-refractivity contribution in [3.8, 4) is 0 Å². The standard InChI is InChI=1S/C15H17N11/c16-13(17)11(9-5-1-3-7-21-9)23-25-15(20)26-24-12(14(18)19)10-6-2-4-8-22-10/h1-8H,(H3,16,17)(H3,18,19)(H3,20,25,26)/b23-11-,24-12-. The van der Waals surface area contributed by atoms with Gasteiger partial charge in [-0.3, -0.25) is 20.8 Å². The van der Waals surface area contributed by atoms with Crippen molar-refractivity contribution >= 4 is 29.1 Å². The Bertz CT molecular complexity index is 869. The van der Waals surface area contributed by atoms with Crippen LogP contribution in [0.1, 0.15) is 11.4 Å². The van der Waals surface area contributed by atoms with E-state index in [0.717, 1.165) is 0 Å². The average Bonchev–Trinajstić information content (AvgIpc) is 2.63. The van der Waals surface area contributed by atoms with E-state index in [0.29, 0.717) is 11.4 Å². The molecule has 26 heavy (non-hydrogen) atoms. The number of aromatic nitrogens is 2. The smallest absolute Gasteiger partial charge is 0.234 e. The number of nitrogens with one attached hydrogen (secondary N) is 3. The number of pyridine rings is 2. The average molecular weight is 351 g/mol. The Kier molecular flexibility index (Phi) is 6.04. The summed E-state index contributed by atoms with van der Waals surface area (Å²) in [6.07, 6.45) is 3.08. The first kappa shape index (κ1) is 18.2. The van der Waals surface area contributed by atoms with E-state index in [1.165, 1.54) is 6.20 Å². The van der Waals surface area contributed by atoms with Gasteiger partial charge in [-0.15, -0.1) is 10.2 Å². The van der Waals surface area contributed by atoms with Crippen LogP contribution in [0, 0.1) is 10.8 Å². The highest BCUT2D eigenvalue weighted by molar-refractivity contribution is 6.46. The summed E-state index contributed by atoms with van der Waals surface area (Å²) in [5.41, 5.74) is 20.0. The number of hydrogen-bond donors (Lipinski definition) is 6. The van der Waals surface area contributed by atoms with E-state index in [9.17, 15) is 0 Å². The molecule has 0 spiro atoms. The second-order valence-corrected chi connectivity index (χ2v) is 4.76. The number of guanidine groups is 1. The molecule has 2 heterocycles. The first-order chi connectivity index (χ1) is 12.5. The summed E-state index contributed by atoms with van der Waals surface area (Å²) in [5, 5.41) is 26.6. The number of nitrogens with zero attached hydrogens (tertiary/aromatic N) is 5. The Balaban J connectivity index is 2.23. The molecule has 9 N–H and O–H groups in total. The molecule has 0 fully saturated rings. The quantitative estimate of drug-likeness (QED) is 0.227. The number of amidine groups is 2. The van der Waals surface area contributed by atoms with E-state index in [1.807, 2.05) is 0 Å². The van der Waals surface area contributed by atoms with Gasteiger partial charge in [-0.25, -0.2) is 5.43 Å². The minimum absolute atomic E-state index is 0.0517. The Labute approximate surface area is 148 Å². The van der Waals surface area contributed by atoms with Crippen molar-refractivity contribution in [2.45, 2.75) is 0 Å². The Morgan fingerprint density at radius 1 is 0.808 bits per heavy atom. The van der Waals surface area contributed by atoms with Crippen LogP contribution in [0.3, 0.4) is 0 Å². The Morgan fingerprint density at radius 3 is 1.81 bits per heavy atom. The molecule has 0 amide bonds. The van der Waals surface area contributed by atoms with Crippen molar-refractivity contribution in [2.24, 2.45) is 32.5 Å². The highest BCUT2D eigenvalue weighted by Crippen LogP contribution is 1.98. The molecule has 0 saturated carbocycles. The predicted molar refractivity (Wildman–Crippen MR) is 100 cm³/mol. The first-order valence-electron chi connectivity index (χ1n) is 7.25. The number of hydrazone groups is 1. The number of hydrogen-bond acceptors (Lipinski definition) is 7. The zero-order valence-corrected chi connectivity index (χ0v) is 13.6. The molecule has 0 aliphatic rings. The molecule has 2 aromatic heterocycles. The molecule has 2 aromatic rings. The van der Waals surface area contributed by atoms with Crippen LogP contribution in [-0.4, -0.2) is 39.0 Å². The van der Waals surface area contributed by atoms with Crippen molar-refractivity contribution < 1.29 is 0 Å². The minimum Gasteiger partial charge on any atom is -0.382 e. The lowest BCUT2D eigenvalue weighted by Crippen LogP contribution is -2.32. The summed E-state index contributed by atoms with van der Waals surface area (Å²) >= 11 is 0. The maximum absolute atomic E-state index is 7.58. The van der Waals surface area contributed by atoms with Crippen LogP contribution < -0.4 is 22.6 Å². The van der Waals surface area contributed by atoms with Crippen LogP contribution in [0.15, 0.2) is 64.1 Å². The molecule has 0 aliphatic heterocycles. The highest BCUT2D eigenvalue weighted by atomic mass is 15.4. The van der Waals surface area contributed by atoms with Crippen LogP contribution >= 0.6 is 0 Å². The molecule has 2 rings (SSSR count). The fraction of sp³-hybridized carbons (Fsp3) is 0. The van der Waals surface area contributed by atoms with Crippen LogP contribution in [0.4, 0.5) is 0 Å². The topological polar surface area (TPSA) is 201 Å². The molecular formula is C15H17N11. The molecule has 11 nitrogen and oxygen atoms in total. The Hall–Kier alpha value is -4.15. The lowest BCUT2D eigenvalue weighted by molar-refractivity contribution is 0.985. The van der Waals surface area contributed by atoms with Gasteiger partial charge in [0.1, 0.15) is 11.7 Å². The van der Waals surface area contributed by atoms with Crippen LogP contribution in [0.2, 0.25) is 0 Å². The van der Waals surface area contributed by atoms with Gasteiger partial charge < -0.3 is 17.2 Å². The predicted octanol–water partition coefficient (Wildman–Crippen LogP) is -0.639. The van der Waals surface area contributed by atoms with Crippen molar-refractivity contribution in [1.82, 2.24) is 15.4 Å². The van der Waals surface area contributed by atoms with Gasteiger partial charge in [0.15, 0.2) is 11.4 Å². The third-order valence-electron chi connectivity index (χ3n) is 2.87. The van der Waals surface area contributed by atoms with Crippen molar-refractivity contribution in [3.63, 3.8) is 0 Å². The lowest BCUT2D eigenvalue weighted by atomic mass is 10.2. The third kappa shape index (κ3) is 4.92. The van der Waals surface area contributed by atoms with Gasteiger partial charge in [0, 0.05) is 12.4 Å². The van der Waals surface area contributed by atoms with Gasteiger partial charge in [-0.1, -0.05) is 12.1 Å².